The summed E-state index contributed by atoms with van der Waals surface area (Å²) in [5.41, 5.74) is 1.64. The van der Waals surface area contributed by atoms with Crippen LogP contribution >= 0.6 is 0 Å². The third-order valence-electron chi connectivity index (χ3n) is 4.94. The fraction of sp³-hybridized carbons (Fsp3) is 0.273. The number of hydrogen-bond acceptors (Lipinski definition) is 4. The van der Waals surface area contributed by atoms with Crippen molar-refractivity contribution in [1.29, 1.82) is 0 Å². The lowest BCUT2D eigenvalue weighted by molar-refractivity contribution is -0.135. The fourth-order valence-electron chi connectivity index (χ4n) is 3.20. The van der Waals surface area contributed by atoms with Crippen molar-refractivity contribution < 1.29 is 9.13 Å². The minimum absolute atomic E-state index is 0.141. The van der Waals surface area contributed by atoms with Crippen molar-refractivity contribution in [3.05, 3.63) is 82.3 Å². The first-order chi connectivity index (χ1) is 13.6. The van der Waals surface area contributed by atoms with Gasteiger partial charge in [-0.1, -0.05) is 54.6 Å². The predicted octanol–water partition coefficient (Wildman–Crippen LogP) is 3.68. The zero-order chi connectivity index (χ0) is 19.4. The molecule has 0 bridgehead atoms. The summed E-state index contributed by atoms with van der Waals surface area (Å²) < 4.78 is 19.2. The second kappa shape index (κ2) is 7.94. The monoisotopic (exact) mass is 379 g/mol. The smallest absolute Gasteiger partial charge is 0.274 e. The summed E-state index contributed by atoms with van der Waals surface area (Å²) in [6.45, 7) is 0.932. The van der Waals surface area contributed by atoms with E-state index in [-0.39, 0.29) is 18.8 Å². The van der Waals surface area contributed by atoms with E-state index in [4.69, 9.17) is 4.74 Å². The third kappa shape index (κ3) is 3.97. The number of ether oxygens (including phenoxy) is 1. The number of alkyl halides is 1. The number of hydrogen-bond donors (Lipinski definition) is 2. The van der Waals surface area contributed by atoms with Gasteiger partial charge in [0.15, 0.2) is 5.67 Å². The van der Waals surface area contributed by atoms with Crippen LogP contribution in [-0.2, 0) is 16.8 Å². The van der Waals surface area contributed by atoms with Gasteiger partial charge in [0.25, 0.3) is 5.56 Å². The number of aryl methyl sites for hydroxylation is 1. The molecule has 4 rings (SSSR count). The van der Waals surface area contributed by atoms with E-state index in [1.165, 1.54) is 0 Å². The Labute approximate surface area is 162 Å². The van der Waals surface area contributed by atoms with Crippen LogP contribution in [-0.4, -0.2) is 29.7 Å². The number of nitrogens with zero attached hydrogens (tertiary/aromatic N) is 1. The molecule has 0 radical (unpaired) electrons. The Bertz CT molecular complexity index is 983. The highest BCUT2D eigenvalue weighted by atomic mass is 19.1. The van der Waals surface area contributed by atoms with Crippen molar-refractivity contribution in [3.8, 4) is 11.4 Å². The number of halogens is 1. The molecule has 0 aliphatic carbocycles. The van der Waals surface area contributed by atoms with Gasteiger partial charge in [0.2, 0.25) is 0 Å². The van der Waals surface area contributed by atoms with Crippen LogP contribution < -0.4 is 10.9 Å². The van der Waals surface area contributed by atoms with Crippen LogP contribution in [0.2, 0.25) is 0 Å². The molecule has 6 heteroatoms. The summed E-state index contributed by atoms with van der Waals surface area (Å²) in [5, 5.41) is 3.13. The fourth-order valence-corrected chi connectivity index (χ4v) is 3.20. The van der Waals surface area contributed by atoms with E-state index in [9.17, 15) is 9.18 Å². The molecule has 5 nitrogen and oxygen atoms in total. The average Bonchev–Trinajstić information content (AvgIpc) is 2.71. The quantitative estimate of drug-likeness (QED) is 0.615. The maximum Gasteiger partial charge on any atom is 0.274 e. The van der Waals surface area contributed by atoms with Gasteiger partial charge in [-0.2, -0.15) is 0 Å². The Morgan fingerprint density at radius 3 is 2.50 bits per heavy atom. The molecule has 3 aromatic rings. The van der Waals surface area contributed by atoms with E-state index in [1.54, 1.807) is 6.20 Å². The van der Waals surface area contributed by atoms with E-state index in [1.807, 2.05) is 54.6 Å². The van der Waals surface area contributed by atoms with Gasteiger partial charge in [0.1, 0.15) is 11.5 Å². The Balaban J connectivity index is 1.29. The van der Waals surface area contributed by atoms with E-state index in [2.05, 4.69) is 15.3 Å². The maximum atomic E-state index is 14.3. The minimum atomic E-state index is -1.32. The minimum Gasteiger partial charge on any atom is -0.379 e. The summed E-state index contributed by atoms with van der Waals surface area (Å²) in [6, 6.07) is 17.1. The summed E-state index contributed by atoms with van der Waals surface area (Å²) >= 11 is 0. The van der Waals surface area contributed by atoms with Crippen LogP contribution in [0.3, 0.4) is 0 Å². The lowest BCUT2D eigenvalue weighted by atomic mass is 9.93. The molecule has 0 saturated carbocycles. The molecule has 144 valence electrons. The van der Waals surface area contributed by atoms with Crippen LogP contribution in [0.1, 0.15) is 17.5 Å². The van der Waals surface area contributed by atoms with Crippen molar-refractivity contribution in [2.75, 3.05) is 25.1 Å². The maximum absolute atomic E-state index is 14.3. The van der Waals surface area contributed by atoms with Crippen LogP contribution in [0.25, 0.3) is 11.4 Å². The molecule has 28 heavy (non-hydrogen) atoms. The summed E-state index contributed by atoms with van der Waals surface area (Å²) in [5.74, 6) is 0.554. The molecule has 0 atom stereocenters. The topological polar surface area (TPSA) is 67.0 Å². The highest BCUT2D eigenvalue weighted by Crippen LogP contribution is 2.33. The number of aromatic nitrogens is 2. The third-order valence-corrected chi connectivity index (χ3v) is 4.94. The Morgan fingerprint density at radius 2 is 1.86 bits per heavy atom. The summed E-state index contributed by atoms with van der Waals surface area (Å²) in [7, 11) is 0. The molecule has 1 fully saturated rings. The molecule has 1 aliphatic heterocycles. The number of benzene rings is 2. The molecular formula is C22H22FN3O2. The first-order valence-corrected chi connectivity index (χ1v) is 9.39. The molecular weight excluding hydrogens is 357 g/mol. The molecule has 1 aromatic heterocycles. The van der Waals surface area contributed by atoms with Crippen molar-refractivity contribution >= 4 is 5.69 Å². The van der Waals surface area contributed by atoms with Crippen molar-refractivity contribution in [2.45, 2.75) is 18.5 Å². The highest BCUT2D eigenvalue weighted by Gasteiger charge is 2.40. The van der Waals surface area contributed by atoms with Gasteiger partial charge in [-0.3, -0.25) is 4.79 Å². The lowest BCUT2D eigenvalue weighted by Crippen LogP contribution is -2.42. The largest absolute Gasteiger partial charge is 0.379 e. The van der Waals surface area contributed by atoms with Crippen LogP contribution in [0, 0.1) is 0 Å². The summed E-state index contributed by atoms with van der Waals surface area (Å²) in [6.07, 6.45) is 3.26. The van der Waals surface area contributed by atoms with Crippen molar-refractivity contribution in [3.63, 3.8) is 0 Å². The lowest BCUT2D eigenvalue weighted by Gasteiger charge is -2.34. The second-order valence-corrected chi connectivity index (χ2v) is 7.03. The first-order valence-electron chi connectivity index (χ1n) is 9.39. The van der Waals surface area contributed by atoms with E-state index in [0.29, 0.717) is 23.6 Å². The molecule has 2 aromatic carbocycles. The van der Waals surface area contributed by atoms with Gasteiger partial charge in [0.05, 0.1) is 19.4 Å². The van der Waals surface area contributed by atoms with Gasteiger partial charge in [0, 0.05) is 12.1 Å². The van der Waals surface area contributed by atoms with Crippen molar-refractivity contribution in [1.82, 2.24) is 9.97 Å². The molecule has 2 heterocycles. The van der Waals surface area contributed by atoms with Crippen molar-refractivity contribution in [2.24, 2.45) is 0 Å². The standard InChI is InChI=1S/C22H22FN3O2/c23-22(14-28-15-22)18-10-8-16(9-11-18)5-4-12-24-19-13-25-20(26-21(19)27)17-6-2-1-3-7-17/h1-3,6-11,13,24H,4-5,12,14-15H2,(H,25,26,27). The van der Waals surface area contributed by atoms with Gasteiger partial charge >= 0.3 is 0 Å². The second-order valence-electron chi connectivity index (χ2n) is 7.03. The number of H-pyrrole nitrogens is 1. The Hall–Kier alpha value is -2.99. The number of rotatable bonds is 7. The molecule has 2 N–H and O–H groups in total. The highest BCUT2D eigenvalue weighted by molar-refractivity contribution is 5.55. The molecule has 1 saturated heterocycles. The van der Waals surface area contributed by atoms with E-state index in [0.717, 1.165) is 24.0 Å². The average molecular weight is 379 g/mol. The van der Waals surface area contributed by atoms with Crippen LogP contribution in [0.5, 0.6) is 0 Å². The van der Waals surface area contributed by atoms with Crippen LogP contribution in [0.15, 0.2) is 65.6 Å². The zero-order valence-electron chi connectivity index (χ0n) is 15.5. The van der Waals surface area contributed by atoms with E-state index >= 15 is 0 Å². The molecule has 0 unspecified atom stereocenters. The van der Waals surface area contributed by atoms with Gasteiger partial charge in [-0.15, -0.1) is 0 Å². The summed E-state index contributed by atoms with van der Waals surface area (Å²) in [4.78, 5) is 19.4. The van der Waals surface area contributed by atoms with E-state index < -0.39 is 5.67 Å². The zero-order valence-corrected chi connectivity index (χ0v) is 15.5. The number of aromatic amines is 1. The number of anilines is 1. The van der Waals surface area contributed by atoms with Gasteiger partial charge < -0.3 is 15.0 Å². The molecule has 0 spiro atoms. The first kappa shape index (κ1) is 18.4. The molecule has 0 amide bonds. The Kier molecular flexibility index (Phi) is 5.21. The predicted molar refractivity (Wildman–Crippen MR) is 107 cm³/mol. The van der Waals surface area contributed by atoms with Crippen LogP contribution in [0.4, 0.5) is 10.1 Å². The number of nitrogens with one attached hydrogen (secondary N) is 2. The van der Waals surface area contributed by atoms with Gasteiger partial charge in [-0.05, 0) is 24.0 Å². The molecule has 1 aliphatic rings. The SMILES string of the molecule is O=c1[nH]c(-c2ccccc2)ncc1NCCCc1ccc(C2(F)COC2)cc1. The Morgan fingerprint density at radius 1 is 1.11 bits per heavy atom. The normalized spacial score (nSPS) is 15.0. The van der Waals surface area contributed by atoms with Gasteiger partial charge in [-0.25, -0.2) is 9.37 Å².